The zero-order valence-corrected chi connectivity index (χ0v) is 9.22. The molecular formula is C11H10F4N2O. The molecule has 0 bridgehead atoms. The van der Waals surface area contributed by atoms with Gasteiger partial charge in [-0.1, -0.05) is 0 Å². The molecule has 7 heteroatoms. The van der Waals surface area contributed by atoms with E-state index in [1.54, 1.807) is 0 Å². The minimum absolute atomic E-state index is 0.0507. The quantitative estimate of drug-likeness (QED) is 0.657. The first kappa shape index (κ1) is 12.8. The zero-order valence-electron chi connectivity index (χ0n) is 9.22. The van der Waals surface area contributed by atoms with Crippen molar-refractivity contribution in [1.82, 2.24) is 4.98 Å². The number of carbonyl (C=O) groups excluding carboxylic acids is 1. The van der Waals surface area contributed by atoms with E-state index in [1.165, 1.54) is 0 Å². The van der Waals surface area contributed by atoms with Gasteiger partial charge in [-0.25, -0.2) is 8.78 Å². The van der Waals surface area contributed by atoms with Crippen molar-refractivity contribution in [2.75, 3.05) is 5.32 Å². The molecule has 1 saturated carbocycles. The molecule has 1 aromatic rings. The van der Waals surface area contributed by atoms with Gasteiger partial charge in [-0.15, -0.1) is 0 Å². The average Bonchev–Trinajstić information content (AvgIpc) is 2.63. The van der Waals surface area contributed by atoms with E-state index in [0.717, 1.165) is 12.1 Å². The normalized spacial score (nSPS) is 21.9. The van der Waals surface area contributed by atoms with Gasteiger partial charge in [0, 0.05) is 18.8 Å². The molecule has 0 saturated heterocycles. The standard InChI is InChI=1S/C11H10F4N2O/c12-8-2-1-7(9(13)17-8)16-10(18)6-3-4-11(14,15)5-6/h1-2,6H,3-5H2,(H,16,18). The van der Waals surface area contributed by atoms with Crippen molar-refractivity contribution in [3.63, 3.8) is 0 Å². The summed E-state index contributed by atoms with van der Waals surface area (Å²) in [6.45, 7) is 0. The molecule has 0 radical (unpaired) electrons. The molecule has 0 aromatic carbocycles. The predicted octanol–water partition coefficient (Wildman–Crippen LogP) is 2.73. The van der Waals surface area contributed by atoms with Crippen LogP contribution >= 0.6 is 0 Å². The number of nitrogens with one attached hydrogen (secondary N) is 1. The number of carbonyl (C=O) groups is 1. The van der Waals surface area contributed by atoms with E-state index >= 15 is 0 Å². The number of nitrogens with zero attached hydrogens (tertiary/aromatic N) is 1. The van der Waals surface area contributed by atoms with Crippen molar-refractivity contribution in [1.29, 1.82) is 0 Å². The van der Waals surface area contributed by atoms with E-state index in [9.17, 15) is 22.4 Å². The third kappa shape index (κ3) is 2.77. The van der Waals surface area contributed by atoms with Crippen molar-refractivity contribution in [3.8, 4) is 0 Å². The molecular weight excluding hydrogens is 252 g/mol. The van der Waals surface area contributed by atoms with E-state index in [-0.39, 0.29) is 18.5 Å². The van der Waals surface area contributed by atoms with Crippen LogP contribution in [0.2, 0.25) is 0 Å². The van der Waals surface area contributed by atoms with Crippen LogP contribution in [0, 0.1) is 17.8 Å². The summed E-state index contributed by atoms with van der Waals surface area (Å²) in [7, 11) is 0. The molecule has 1 unspecified atom stereocenters. The molecule has 0 aliphatic heterocycles. The van der Waals surface area contributed by atoms with Crippen molar-refractivity contribution in [2.45, 2.75) is 25.2 Å². The van der Waals surface area contributed by atoms with Crippen LogP contribution in [0.4, 0.5) is 23.2 Å². The summed E-state index contributed by atoms with van der Waals surface area (Å²) in [4.78, 5) is 14.5. The Morgan fingerprint density at radius 1 is 1.39 bits per heavy atom. The number of amides is 1. The molecule has 1 atom stereocenters. The molecule has 1 heterocycles. The molecule has 18 heavy (non-hydrogen) atoms. The summed E-state index contributed by atoms with van der Waals surface area (Å²) in [6, 6.07) is 1.88. The van der Waals surface area contributed by atoms with Crippen LogP contribution in [0.3, 0.4) is 0 Å². The Kier molecular flexibility index (Phi) is 3.23. The number of pyridine rings is 1. The highest BCUT2D eigenvalue weighted by Gasteiger charge is 2.42. The first-order valence-electron chi connectivity index (χ1n) is 5.38. The van der Waals surface area contributed by atoms with Crippen molar-refractivity contribution in [3.05, 3.63) is 24.0 Å². The maximum Gasteiger partial charge on any atom is 0.248 e. The molecule has 1 amide bonds. The Balaban J connectivity index is 2.04. The molecule has 98 valence electrons. The Hall–Kier alpha value is -1.66. The second-order valence-electron chi connectivity index (χ2n) is 4.26. The van der Waals surface area contributed by atoms with Crippen LogP contribution in [-0.2, 0) is 4.79 Å². The highest BCUT2D eigenvalue weighted by atomic mass is 19.3. The maximum absolute atomic E-state index is 13.1. The second kappa shape index (κ2) is 4.55. The van der Waals surface area contributed by atoms with Crippen LogP contribution in [0.5, 0.6) is 0 Å². The Labute approximate surface area is 100 Å². The fourth-order valence-electron chi connectivity index (χ4n) is 1.91. The summed E-state index contributed by atoms with van der Waals surface area (Å²) >= 11 is 0. The zero-order chi connectivity index (χ0) is 13.3. The first-order chi connectivity index (χ1) is 8.37. The van der Waals surface area contributed by atoms with Gasteiger partial charge in [-0.3, -0.25) is 4.79 Å². The highest BCUT2D eigenvalue weighted by Crippen LogP contribution is 2.39. The highest BCUT2D eigenvalue weighted by molar-refractivity contribution is 5.92. The lowest BCUT2D eigenvalue weighted by atomic mass is 10.1. The van der Waals surface area contributed by atoms with Crippen molar-refractivity contribution in [2.24, 2.45) is 5.92 Å². The van der Waals surface area contributed by atoms with E-state index < -0.39 is 36.1 Å². The van der Waals surface area contributed by atoms with Gasteiger partial charge in [0.05, 0.1) is 5.69 Å². The molecule has 1 N–H and O–H groups in total. The molecule has 3 nitrogen and oxygen atoms in total. The minimum atomic E-state index is -2.85. The molecule has 1 aromatic heterocycles. The predicted molar refractivity (Wildman–Crippen MR) is 55.1 cm³/mol. The molecule has 1 fully saturated rings. The van der Waals surface area contributed by atoms with Gasteiger partial charge in [0.15, 0.2) is 0 Å². The summed E-state index contributed by atoms with van der Waals surface area (Å²) < 4.78 is 51.5. The summed E-state index contributed by atoms with van der Waals surface area (Å²) in [5, 5.41) is 2.14. The van der Waals surface area contributed by atoms with E-state index in [2.05, 4.69) is 10.3 Å². The third-order valence-electron chi connectivity index (χ3n) is 2.85. The van der Waals surface area contributed by atoms with Gasteiger partial charge in [0.25, 0.3) is 0 Å². The van der Waals surface area contributed by atoms with E-state index in [1.807, 2.05) is 0 Å². The minimum Gasteiger partial charge on any atom is -0.322 e. The summed E-state index contributed by atoms with van der Waals surface area (Å²) in [6.07, 6.45) is -0.848. The maximum atomic E-state index is 13.1. The van der Waals surface area contributed by atoms with Gasteiger partial charge < -0.3 is 5.32 Å². The topological polar surface area (TPSA) is 42.0 Å². The average molecular weight is 262 g/mol. The number of anilines is 1. The lowest BCUT2D eigenvalue weighted by molar-refractivity contribution is -0.120. The van der Waals surface area contributed by atoms with Crippen molar-refractivity contribution >= 4 is 11.6 Å². The van der Waals surface area contributed by atoms with Crippen LogP contribution in [0.1, 0.15) is 19.3 Å². The Bertz CT molecular complexity index is 478. The van der Waals surface area contributed by atoms with E-state index in [4.69, 9.17) is 0 Å². The Morgan fingerprint density at radius 3 is 2.67 bits per heavy atom. The monoisotopic (exact) mass is 262 g/mol. The second-order valence-corrected chi connectivity index (χ2v) is 4.26. The van der Waals surface area contributed by atoms with Crippen LogP contribution in [0.15, 0.2) is 12.1 Å². The van der Waals surface area contributed by atoms with E-state index in [0.29, 0.717) is 0 Å². The molecule has 0 spiro atoms. The van der Waals surface area contributed by atoms with Gasteiger partial charge in [-0.2, -0.15) is 13.8 Å². The number of halogens is 4. The smallest absolute Gasteiger partial charge is 0.248 e. The summed E-state index contributed by atoms with van der Waals surface area (Å²) in [5.41, 5.74) is -0.309. The van der Waals surface area contributed by atoms with Crippen molar-refractivity contribution < 1.29 is 22.4 Å². The fraction of sp³-hybridized carbons (Fsp3) is 0.455. The lowest BCUT2D eigenvalue weighted by Crippen LogP contribution is -2.23. The third-order valence-corrected chi connectivity index (χ3v) is 2.85. The van der Waals surface area contributed by atoms with Crippen LogP contribution in [0.25, 0.3) is 0 Å². The number of alkyl halides is 2. The van der Waals surface area contributed by atoms with Crippen LogP contribution in [-0.4, -0.2) is 16.8 Å². The number of aromatic nitrogens is 1. The first-order valence-corrected chi connectivity index (χ1v) is 5.38. The Morgan fingerprint density at radius 2 is 2.11 bits per heavy atom. The summed E-state index contributed by atoms with van der Waals surface area (Å²) in [5.74, 6) is -6.59. The van der Waals surface area contributed by atoms with Gasteiger partial charge >= 0.3 is 0 Å². The largest absolute Gasteiger partial charge is 0.322 e. The fourth-order valence-corrected chi connectivity index (χ4v) is 1.91. The van der Waals surface area contributed by atoms with Crippen LogP contribution < -0.4 is 5.32 Å². The number of rotatable bonds is 2. The van der Waals surface area contributed by atoms with Gasteiger partial charge in [0.2, 0.25) is 23.7 Å². The molecule has 1 aliphatic rings. The lowest BCUT2D eigenvalue weighted by Gasteiger charge is -2.11. The number of hydrogen-bond acceptors (Lipinski definition) is 2. The molecule has 1 aliphatic carbocycles. The molecule has 2 rings (SSSR count). The number of hydrogen-bond donors (Lipinski definition) is 1. The SMILES string of the molecule is O=C(Nc1ccc(F)nc1F)C1CCC(F)(F)C1. The van der Waals surface area contributed by atoms with Gasteiger partial charge in [-0.05, 0) is 18.6 Å². The van der Waals surface area contributed by atoms with Gasteiger partial charge in [0.1, 0.15) is 0 Å².